The van der Waals surface area contributed by atoms with Crippen molar-refractivity contribution in [2.45, 2.75) is 50.9 Å². The van der Waals surface area contributed by atoms with Crippen LogP contribution in [-0.2, 0) is 11.2 Å². The molecule has 2 aliphatic heterocycles. The van der Waals surface area contributed by atoms with Crippen LogP contribution in [-0.4, -0.2) is 24.8 Å². The van der Waals surface area contributed by atoms with Gasteiger partial charge in [0.1, 0.15) is 5.82 Å². The van der Waals surface area contributed by atoms with E-state index in [0.29, 0.717) is 24.2 Å². The van der Waals surface area contributed by atoms with Crippen LogP contribution in [0.4, 0.5) is 4.39 Å². The Hall–Kier alpha value is -0.640. The molecule has 0 spiro atoms. The zero-order valence-corrected chi connectivity index (χ0v) is 12.5. The van der Waals surface area contributed by atoms with Gasteiger partial charge in [-0.1, -0.05) is 30.7 Å². The number of hydrogen-bond donors (Lipinski definition) is 1. The van der Waals surface area contributed by atoms with Crippen LogP contribution >= 0.6 is 11.6 Å². The Morgan fingerprint density at radius 1 is 1.45 bits per heavy atom. The quantitative estimate of drug-likeness (QED) is 0.897. The number of hydrogen-bond acceptors (Lipinski definition) is 2. The first-order valence-corrected chi connectivity index (χ1v) is 7.88. The number of likely N-dealkylation sites (N-methyl/N-ethyl adjacent to an activating group) is 1. The van der Waals surface area contributed by atoms with E-state index in [0.717, 1.165) is 31.4 Å². The normalized spacial score (nSPS) is 29.9. The summed E-state index contributed by atoms with van der Waals surface area (Å²) >= 11 is 6.09. The molecule has 2 aliphatic rings. The Bertz CT molecular complexity index is 482. The smallest absolute Gasteiger partial charge is 0.142 e. The Morgan fingerprint density at radius 2 is 2.30 bits per heavy atom. The van der Waals surface area contributed by atoms with E-state index in [9.17, 15) is 4.39 Å². The number of ether oxygens (including phenoxy) is 1. The minimum atomic E-state index is -0.330. The van der Waals surface area contributed by atoms with Crippen molar-refractivity contribution in [1.29, 1.82) is 0 Å². The molecular weight excluding hydrogens is 277 g/mol. The summed E-state index contributed by atoms with van der Waals surface area (Å²) in [4.78, 5) is 0. The minimum absolute atomic E-state index is 0.263. The Kier molecular flexibility index (Phi) is 4.29. The van der Waals surface area contributed by atoms with Gasteiger partial charge in [0.25, 0.3) is 0 Å². The lowest BCUT2D eigenvalue weighted by Gasteiger charge is -2.29. The van der Waals surface area contributed by atoms with Crippen LogP contribution in [0.2, 0.25) is 5.02 Å². The third-order valence-electron chi connectivity index (χ3n) is 4.61. The summed E-state index contributed by atoms with van der Waals surface area (Å²) < 4.78 is 19.5. The van der Waals surface area contributed by atoms with Crippen molar-refractivity contribution in [3.63, 3.8) is 0 Å². The average Bonchev–Trinajstić information content (AvgIpc) is 3.05. The van der Waals surface area contributed by atoms with Crippen LogP contribution in [0.25, 0.3) is 0 Å². The molecule has 1 aromatic carbocycles. The average molecular weight is 298 g/mol. The van der Waals surface area contributed by atoms with Crippen LogP contribution < -0.4 is 5.32 Å². The van der Waals surface area contributed by atoms with Gasteiger partial charge in [-0.25, -0.2) is 4.39 Å². The molecule has 0 radical (unpaired) electrons. The monoisotopic (exact) mass is 297 g/mol. The molecular formula is C16H21ClFNO. The molecule has 0 aromatic heterocycles. The molecule has 20 heavy (non-hydrogen) atoms. The van der Waals surface area contributed by atoms with Gasteiger partial charge in [0, 0.05) is 12.0 Å². The van der Waals surface area contributed by atoms with E-state index < -0.39 is 0 Å². The van der Waals surface area contributed by atoms with Crippen LogP contribution in [0.5, 0.6) is 0 Å². The van der Waals surface area contributed by atoms with Crippen LogP contribution in [0.3, 0.4) is 0 Å². The predicted molar refractivity (Wildman–Crippen MR) is 78.6 cm³/mol. The maximum absolute atomic E-state index is 13.6. The van der Waals surface area contributed by atoms with Crippen LogP contribution in [0.15, 0.2) is 18.2 Å². The summed E-state index contributed by atoms with van der Waals surface area (Å²) in [5.74, 6) is 0.191. The largest absolute Gasteiger partial charge is 0.375 e. The van der Waals surface area contributed by atoms with Crippen molar-refractivity contribution in [3.05, 3.63) is 34.6 Å². The Morgan fingerprint density at radius 3 is 2.95 bits per heavy atom. The SMILES string of the molecule is CCNC(Cc1cccc(F)c1Cl)C1CC2CCC1O2. The lowest BCUT2D eigenvalue weighted by Crippen LogP contribution is -2.42. The summed E-state index contributed by atoms with van der Waals surface area (Å²) in [5, 5.41) is 3.81. The molecule has 0 amide bonds. The first-order valence-electron chi connectivity index (χ1n) is 7.50. The molecule has 1 N–H and O–H groups in total. The van der Waals surface area contributed by atoms with E-state index in [-0.39, 0.29) is 10.8 Å². The molecule has 4 unspecified atom stereocenters. The molecule has 3 rings (SSSR count). The van der Waals surface area contributed by atoms with Gasteiger partial charge in [0.15, 0.2) is 0 Å². The minimum Gasteiger partial charge on any atom is -0.375 e. The topological polar surface area (TPSA) is 21.3 Å². The molecule has 2 fully saturated rings. The van der Waals surface area contributed by atoms with Crippen LogP contribution in [0.1, 0.15) is 31.7 Å². The second-order valence-corrected chi connectivity index (χ2v) is 6.23. The second kappa shape index (κ2) is 6.00. The fourth-order valence-electron chi connectivity index (χ4n) is 3.68. The van der Waals surface area contributed by atoms with Crippen molar-refractivity contribution in [3.8, 4) is 0 Å². The Balaban J connectivity index is 1.76. The lowest BCUT2D eigenvalue weighted by molar-refractivity contribution is 0.0858. The van der Waals surface area contributed by atoms with Gasteiger partial charge in [-0.05, 0) is 43.9 Å². The van der Waals surface area contributed by atoms with Crippen molar-refractivity contribution in [2.75, 3.05) is 6.54 Å². The van der Waals surface area contributed by atoms with E-state index >= 15 is 0 Å². The zero-order valence-electron chi connectivity index (χ0n) is 11.7. The van der Waals surface area contributed by atoms with E-state index in [4.69, 9.17) is 16.3 Å². The molecule has 0 saturated carbocycles. The lowest BCUT2D eigenvalue weighted by atomic mass is 9.81. The molecule has 2 saturated heterocycles. The van der Waals surface area contributed by atoms with E-state index in [1.54, 1.807) is 6.07 Å². The highest BCUT2D eigenvalue weighted by Crippen LogP contribution is 2.41. The van der Waals surface area contributed by atoms with Gasteiger partial charge in [0.05, 0.1) is 17.2 Å². The first-order chi connectivity index (χ1) is 9.69. The highest BCUT2D eigenvalue weighted by Gasteiger charge is 2.44. The van der Waals surface area contributed by atoms with Gasteiger partial charge >= 0.3 is 0 Å². The van der Waals surface area contributed by atoms with E-state index in [2.05, 4.69) is 12.2 Å². The van der Waals surface area contributed by atoms with Gasteiger partial charge in [-0.3, -0.25) is 0 Å². The van der Waals surface area contributed by atoms with Gasteiger partial charge in [-0.2, -0.15) is 0 Å². The highest BCUT2D eigenvalue weighted by molar-refractivity contribution is 6.31. The summed E-state index contributed by atoms with van der Waals surface area (Å²) in [5.41, 5.74) is 0.889. The molecule has 110 valence electrons. The fourth-order valence-corrected chi connectivity index (χ4v) is 3.88. The fraction of sp³-hybridized carbons (Fsp3) is 0.625. The van der Waals surface area contributed by atoms with E-state index in [1.807, 2.05) is 6.07 Å². The van der Waals surface area contributed by atoms with Gasteiger partial charge in [0.2, 0.25) is 0 Å². The van der Waals surface area contributed by atoms with Crippen LogP contribution in [0, 0.1) is 11.7 Å². The molecule has 2 nitrogen and oxygen atoms in total. The van der Waals surface area contributed by atoms with Crippen molar-refractivity contribution in [1.82, 2.24) is 5.32 Å². The molecule has 0 aliphatic carbocycles. The molecule has 4 heteroatoms. The third-order valence-corrected chi connectivity index (χ3v) is 5.03. The summed E-state index contributed by atoms with van der Waals surface area (Å²) in [7, 11) is 0. The number of halogens is 2. The summed E-state index contributed by atoms with van der Waals surface area (Å²) in [6.07, 6.45) is 5.05. The molecule has 4 atom stereocenters. The standard InChI is InChI=1S/C16H21ClFNO/c1-2-19-14(12-9-11-6-7-15(12)20-11)8-10-4-3-5-13(18)16(10)17/h3-5,11-12,14-15,19H,2,6-9H2,1H3. The maximum Gasteiger partial charge on any atom is 0.142 e. The Labute approximate surface area is 124 Å². The molecule has 2 bridgehead atoms. The first kappa shape index (κ1) is 14.3. The van der Waals surface area contributed by atoms with Crippen molar-refractivity contribution < 1.29 is 9.13 Å². The predicted octanol–water partition coefficient (Wildman–Crippen LogP) is 3.57. The zero-order chi connectivity index (χ0) is 14.1. The second-order valence-electron chi connectivity index (χ2n) is 5.85. The van der Waals surface area contributed by atoms with Crippen molar-refractivity contribution in [2.24, 2.45) is 5.92 Å². The van der Waals surface area contributed by atoms with Crippen molar-refractivity contribution >= 4 is 11.6 Å². The summed E-state index contributed by atoms with van der Waals surface area (Å²) in [6.45, 7) is 3.01. The summed E-state index contributed by atoms with van der Waals surface area (Å²) in [6, 6.07) is 5.38. The van der Waals surface area contributed by atoms with Gasteiger partial charge in [-0.15, -0.1) is 0 Å². The van der Waals surface area contributed by atoms with Gasteiger partial charge < -0.3 is 10.1 Å². The maximum atomic E-state index is 13.6. The number of benzene rings is 1. The third kappa shape index (κ3) is 2.72. The number of fused-ring (bicyclic) bond motifs is 2. The number of rotatable bonds is 5. The number of nitrogens with one attached hydrogen (secondary N) is 1. The van der Waals surface area contributed by atoms with E-state index in [1.165, 1.54) is 12.5 Å². The molecule has 2 heterocycles. The molecule has 1 aromatic rings. The highest BCUT2D eigenvalue weighted by atomic mass is 35.5.